The summed E-state index contributed by atoms with van der Waals surface area (Å²) in [5, 5.41) is 0. The van der Waals surface area contributed by atoms with Gasteiger partial charge in [0.25, 0.3) is 0 Å². The number of halogens is 1. The summed E-state index contributed by atoms with van der Waals surface area (Å²) in [7, 11) is -15.9. The Morgan fingerprint density at radius 3 is 0.460 bits per heavy atom. The van der Waals surface area contributed by atoms with Crippen LogP contribution in [0, 0.1) is 10.2 Å². The molecule has 0 atom stereocenters. The first-order chi connectivity index (χ1) is 21.3. The minimum atomic E-state index is -4.69. The Morgan fingerprint density at radius 1 is 0.360 bits per heavy atom. The van der Waals surface area contributed by atoms with Crippen molar-refractivity contribution >= 4 is 30.4 Å². The number of hydrogen-bond donors (Lipinski definition) is 1. The summed E-state index contributed by atoms with van der Waals surface area (Å²) in [4.78, 5) is 0. The first-order valence-corrected chi connectivity index (χ1v) is 25.0. The van der Waals surface area contributed by atoms with Gasteiger partial charge in [0, 0.05) is 26.7 Å². The van der Waals surface area contributed by atoms with E-state index in [0.717, 1.165) is 0 Å². The van der Waals surface area contributed by atoms with Crippen molar-refractivity contribution in [1.29, 1.82) is 0 Å². The van der Waals surface area contributed by atoms with Crippen molar-refractivity contribution in [3.05, 3.63) is 0 Å². The van der Waals surface area contributed by atoms with Crippen molar-refractivity contribution in [3.63, 3.8) is 0 Å². The summed E-state index contributed by atoms with van der Waals surface area (Å²) < 4.78 is 119. The molecule has 1 N–H and O–H groups in total. The summed E-state index contributed by atoms with van der Waals surface area (Å²) in [6.07, 6.45) is -0.410. The van der Waals surface area contributed by atoms with Gasteiger partial charge in [0.2, 0.25) is 0 Å². The van der Waals surface area contributed by atoms with Crippen molar-refractivity contribution in [1.82, 2.24) is 0 Å². The van der Waals surface area contributed by atoms with E-state index < -0.39 is 40.6 Å². The largest absolute Gasteiger partial charge is 2.00 e. The molecule has 0 aliphatic rings. The number of hydrogen-bond acceptors (Lipinski definition) is 16. The second kappa shape index (κ2) is 30.5. The zero-order valence-corrected chi connectivity index (χ0v) is 39.1. The first-order valence-electron chi connectivity index (χ1n) is 15.7. The summed E-state index contributed by atoms with van der Waals surface area (Å²) in [5.41, 5.74) is 0. The minimum Gasteiger partial charge on any atom is -0.306 e. The maximum Gasteiger partial charge on any atom is 2.00 e. The molecule has 50 heavy (non-hydrogen) atoms. The maximum atomic E-state index is 11.4. The van der Waals surface area contributed by atoms with E-state index in [2.05, 4.69) is 0 Å². The Bertz CT molecular complexity index is 801. The molecule has 0 spiro atoms. The fourth-order valence-electron chi connectivity index (χ4n) is 3.16. The molecule has 0 aliphatic carbocycles. The molecule has 0 unspecified atom stereocenters. The van der Waals surface area contributed by atoms with Gasteiger partial charge in [-0.1, -0.05) is 0 Å². The molecule has 0 rings (SSSR count). The molecule has 0 aromatic heterocycles. The maximum absolute atomic E-state index is 11.4. The van der Waals surface area contributed by atoms with Crippen molar-refractivity contribution in [3.8, 4) is 0 Å². The molecule has 0 aromatic carbocycles. The van der Waals surface area contributed by atoms with Gasteiger partial charge in [-0.3, -0.25) is 18.3 Å². The Kier molecular flexibility index (Phi) is 38.5. The van der Waals surface area contributed by atoms with Crippen LogP contribution < -0.4 is 14.0 Å². The van der Waals surface area contributed by atoms with E-state index >= 15 is 0 Å². The van der Waals surface area contributed by atoms with Crippen molar-refractivity contribution in [2.45, 2.75) is 160 Å². The van der Waals surface area contributed by atoms with Gasteiger partial charge in [0.05, 0.1) is 63.7 Å². The van der Waals surface area contributed by atoms with Crippen LogP contribution in [0.15, 0.2) is 0 Å². The van der Waals surface area contributed by atoms with Gasteiger partial charge in [0.1, 0.15) is 0 Å². The van der Waals surface area contributed by atoms with Gasteiger partial charge >= 0.3 is 47.2 Å². The van der Waals surface area contributed by atoms with Crippen LogP contribution in [0.2, 0.25) is 0 Å². The van der Waals surface area contributed by atoms with E-state index in [1.54, 1.807) is 0 Å². The predicted molar refractivity (Wildman–Crippen MR) is 186 cm³/mol. The zero-order chi connectivity index (χ0) is 40.8. The third-order valence-electron chi connectivity index (χ3n) is 3.22. The fourth-order valence-corrected chi connectivity index (χ4v) is 9.49. The first kappa shape index (κ1) is 63.2. The molecule has 0 amide bonds. The topological polar surface area (TPSA) is 232 Å². The van der Waals surface area contributed by atoms with Gasteiger partial charge in [0.15, 0.2) is 0 Å². The van der Waals surface area contributed by atoms with Crippen molar-refractivity contribution in [2.24, 2.45) is 0 Å². The Balaban J connectivity index is -0.000000123. The van der Waals surface area contributed by atoms with Gasteiger partial charge in [-0.25, -0.2) is 0 Å². The monoisotopic (exact) mass is 879 g/mol. The van der Waals surface area contributed by atoms with Crippen LogP contribution in [0.5, 0.6) is 0 Å². The second-order valence-electron chi connectivity index (χ2n) is 12.7. The van der Waals surface area contributed by atoms with Crippen LogP contribution in [0.25, 0.3) is 0 Å². The molecule has 0 aromatic rings. The van der Waals surface area contributed by atoms with Crippen LogP contribution in [0.1, 0.15) is 111 Å². The van der Waals surface area contributed by atoms with E-state index in [1.165, 1.54) is 26.7 Å². The second-order valence-corrected chi connectivity index (χ2v) is 21.4. The molecule has 22 heteroatoms. The molecule has 311 valence electrons. The van der Waals surface area contributed by atoms with Crippen molar-refractivity contribution in [2.75, 3.05) is 26.7 Å². The van der Waals surface area contributed by atoms with E-state index in [-0.39, 0.29) is 65.6 Å². The SMILES string of the molecule is CC(C)OP(C)(=O)OC(C)C.CC(C)OP(C)(=O)OC(C)C.CC(C)OP(C)(=O)OC(C)C.CC(C)OP(C)(=O)OC(C)C.[Co+2].[O-][Cl+3]([O-])([O-])O. The molecule has 0 saturated heterocycles. The summed E-state index contributed by atoms with van der Waals surface area (Å²) in [6.45, 7) is 35.3. The predicted octanol–water partition coefficient (Wildman–Crippen LogP) is 6.51. The van der Waals surface area contributed by atoms with Crippen LogP contribution in [-0.4, -0.2) is 80.2 Å². The van der Waals surface area contributed by atoms with Crippen molar-refractivity contribution < 1.29 is 100 Å². The third kappa shape index (κ3) is 67.4. The molecule has 16 nitrogen and oxygen atoms in total. The van der Waals surface area contributed by atoms with E-state index in [4.69, 9.17) is 54.8 Å². The zero-order valence-electron chi connectivity index (χ0n) is 33.7. The quantitative estimate of drug-likeness (QED) is 0.163. The Morgan fingerprint density at radius 2 is 0.420 bits per heavy atom. The molecule has 0 bridgehead atoms. The fraction of sp³-hybridized carbons (Fsp3) is 1.00. The molecule has 0 saturated carbocycles. The van der Waals surface area contributed by atoms with Crippen LogP contribution >= 0.6 is 30.4 Å². The number of rotatable bonds is 16. The molecule has 1 radical (unpaired) electrons. The average molecular weight is 880 g/mol. The van der Waals surface area contributed by atoms with Crippen LogP contribution in [-0.2, 0) is 71.2 Å². The molecular formula is C28H69ClCoO16P4+2. The molecule has 0 aliphatic heterocycles. The standard InChI is InChI=1S/4C7H17O3P.ClHO4.Co/c4*1-6(2)9-11(5,8)10-7(3)4;2-1(3,4)5;/h4*6-7H,1-5H3;(H,2,3,4,5);/q;;;;;+2. The average Bonchev–Trinajstić information content (AvgIpc) is 2.65. The van der Waals surface area contributed by atoms with E-state index in [9.17, 15) is 18.3 Å². The normalized spacial score (nSPS) is 12.6. The Labute approximate surface area is 315 Å². The summed E-state index contributed by atoms with van der Waals surface area (Å²) >= 11 is 0. The van der Waals surface area contributed by atoms with E-state index in [1.807, 2.05) is 111 Å². The summed E-state index contributed by atoms with van der Waals surface area (Å²) in [6, 6.07) is 0. The van der Waals surface area contributed by atoms with Crippen LogP contribution in [0.3, 0.4) is 0 Å². The summed E-state index contributed by atoms with van der Waals surface area (Å²) in [5.74, 6) is 0. The Hall–Kier alpha value is 1.24. The van der Waals surface area contributed by atoms with Crippen LogP contribution in [0.4, 0.5) is 0 Å². The van der Waals surface area contributed by atoms with Gasteiger partial charge in [-0.05, 0) is 111 Å². The smallest absolute Gasteiger partial charge is 0.306 e. The van der Waals surface area contributed by atoms with E-state index in [0.29, 0.717) is 0 Å². The van der Waals surface area contributed by atoms with Gasteiger partial charge < -0.3 is 36.2 Å². The molecular weight excluding hydrogens is 811 g/mol. The minimum absolute atomic E-state index is 0. The van der Waals surface area contributed by atoms with Gasteiger partial charge in [-0.2, -0.15) is 14.0 Å². The third-order valence-corrected chi connectivity index (χ3v) is 9.66. The molecule has 0 heterocycles. The van der Waals surface area contributed by atoms with Gasteiger partial charge in [-0.15, -0.1) is 0 Å². The molecule has 0 fully saturated rings.